The predicted molar refractivity (Wildman–Crippen MR) is 69.1 cm³/mol. The first-order valence-electron chi connectivity index (χ1n) is 6.05. The molecule has 18 heavy (non-hydrogen) atoms. The maximum Gasteiger partial charge on any atom is 0.262 e. The lowest BCUT2D eigenvalue weighted by Crippen LogP contribution is -2.24. The number of hydrogen-bond acceptors (Lipinski definition) is 3. The molecule has 1 aromatic rings. The van der Waals surface area contributed by atoms with E-state index in [0.717, 1.165) is 17.7 Å². The summed E-state index contributed by atoms with van der Waals surface area (Å²) in [6.45, 7) is 7.19. The largest absolute Gasteiger partial charge is 0.507 e. The van der Waals surface area contributed by atoms with Crippen LogP contribution in [0.2, 0.25) is 0 Å². The van der Waals surface area contributed by atoms with Gasteiger partial charge < -0.3 is 10.1 Å². The molecule has 0 spiro atoms. The van der Waals surface area contributed by atoms with Crippen molar-refractivity contribution >= 4 is 5.78 Å². The first kappa shape index (κ1) is 12.6. The van der Waals surface area contributed by atoms with Crippen molar-refractivity contribution in [2.75, 3.05) is 0 Å². The van der Waals surface area contributed by atoms with Gasteiger partial charge in [0.05, 0.1) is 0 Å². The fraction of sp³-hybridized carbons (Fsp3) is 0.429. The molecule has 0 saturated heterocycles. The minimum Gasteiger partial charge on any atom is -0.507 e. The number of rotatable bonds is 2. The molecule has 1 aliphatic rings. The van der Waals surface area contributed by atoms with Gasteiger partial charge in [-0.2, -0.15) is 0 Å². The summed E-state index contributed by atoms with van der Waals surface area (Å²) in [5.74, 6) is -0.254. The van der Waals surface area contributed by atoms with Crippen LogP contribution in [0.5, 0.6) is 5.75 Å². The third kappa shape index (κ3) is 1.98. The molecule has 96 valence electrons. The quantitative estimate of drug-likeness (QED) is 0.620. The van der Waals surface area contributed by atoms with Crippen molar-refractivity contribution in [1.82, 2.24) is 4.98 Å². The molecule has 2 N–H and O–H groups in total. The number of hydrogen-bond donors (Lipinski definition) is 2. The number of aromatic hydroxyl groups is 1. The van der Waals surface area contributed by atoms with Gasteiger partial charge in [-0.25, -0.2) is 0 Å². The highest BCUT2D eigenvalue weighted by atomic mass is 16.3. The topological polar surface area (TPSA) is 70.2 Å². The number of nitrogens with one attached hydrogen (secondary N) is 1. The Balaban J connectivity index is 2.56. The van der Waals surface area contributed by atoms with E-state index < -0.39 is 11.3 Å². The van der Waals surface area contributed by atoms with Crippen molar-refractivity contribution in [2.24, 2.45) is 5.92 Å². The van der Waals surface area contributed by atoms with Gasteiger partial charge in [0.2, 0.25) is 0 Å². The van der Waals surface area contributed by atoms with Gasteiger partial charge in [-0.05, 0) is 39.0 Å². The minimum absolute atomic E-state index is 0.129. The molecule has 4 heteroatoms. The number of aryl methyl sites for hydroxylation is 1. The van der Waals surface area contributed by atoms with Crippen molar-refractivity contribution in [2.45, 2.75) is 33.1 Å². The molecular weight excluding hydrogens is 230 g/mol. The number of allylic oxidation sites excluding steroid dienone is 1. The molecule has 1 atom stereocenters. The van der Waals surface area contributed by atoms with Crippen LogP contribution in [0.15, 0.2) is 16.9 Å². The summed E-state index contributed by atoms with van der Waals surface area (Å²) in [7, 11) is 0. The van der Waals surface area contributed by atoms with Gasteiger partial charge in [-0.1, -0.05) is 12.2 Å². The van der Waals surface area contributed by atoms with Crippen molar-refractivity contribution < 1.29 is 9.90 Å². The van der Waals surface area contributed by atoms with Gasteiger partial charge in [0.15, 0.2) is 5.78 Å². The number of Topliss-reactive ketones (excluding diaryl/α,β-unsaturated/α-hetero) is 1. The van der Waals surface area contributed by atoms with Crippen molar-refractivity contribution in [3.05, 3.63) is 39.3 Å². The molecule has 0 aliphatic heterocycles. The highest BCUT2D eigenvalue weighted by Gasteiger charge is 2.26. The van der Waals surface area contributed by atoms with Crippen molar-refractivity contribution in [3.8, 4) is 5.75 Å². The fourth-order valence-electron chi connectivity index (χ4n) is 2.52. The fourth-order valence-corrected chi connectivity index (χ4v) is 2.52. The van der Waals surface area contributed by atoms with Crippen LogP contribution in [0.25, 0.3) is 0 Å². The number of carbonyl (C=O) groups excluding carboxylic acids is 1. The Hall–Kier alpha value is -1.84. The molecule has 1 aromatic heterocycles. The number of aromatic nitrogens is 1. The van der Waals surface area contributed by atoms with Crippen molar-refractivity contribution in [1.29, 1.82) is 0 Å². The molecule has 0 fully saturated rings. The number of H-pyrrole nitrogens is 1. The van der Waals surface area contributed by atoms with Crippen LogP contribution in [0.4, 0.5) is 0 Å². The van der Waals surface area contributed by atoms with Crippen LogP contribution in [0, 0.1) is 5.92 Å². The van der Waals surface area contributed by atoms with E-state index in [-0.39, 0.29) is 11.3 Å². The number of aromatic amines is 1. The molecule has 0 bridgehead atoms. The first-order valence-corrected chi connectivity index (χ1v) is 6.05. The van der Waals surface area contributed by atoms with E-state index in [1.165, 1.54) is 6.92 Å². The molecule has 1 heterocycles. The lowest BCUT2D eigenvalue weighted by Gasteiger charge is -2.25. The second-order valence-corrected chi connectivity index (χ2v) is 4.98. The Morgan fingerprint density at radius 1 is 1.44 bits per heavy atom. The lowest BCUT2D eigenvalue weighted by atomic mass is 9.82. The van der Waals surface area contributed by atoms with Gasteiger partial charge in [0.1, 0.15) is 11.3 Å². The van der Waals surface area contributed by atoms with Gasteiger partial charge in [-0.3, -0.25) is 9.59 Å². The molecule has 0 aromatic carbocycles. The van der Waals surface area contributed by atoms with Gasteiger partial charge >= 0.3 is 0 Å². The van der Waals surface area contributed by atoms with E-state index in [2.05, 4.69) is 11.6 Å². The Morgan fingerprint density at radius 3 is 2.67 bits per heavy atom. The molecular formula is C14H17NO3. The van der Waals surface area contributed by atoms with E-state index in [1.54, 1.807) is 0 Å². The van der Waals surface area contributed by atoms with Crippen LogP contribution in [-0.2, 0) is 12.8 Å². The molecule has 0 radical (unpaired) electrons. The second-order valence-electron chi connectivity index (χ2n) is 4.98. The van der Waals surface area contributed by atoms with Crippen LogP contribution in [0.3, 0.4) is 0 Å². The average Bonchev–Trinajstić information content (AvgIpc) is 2.27. The Morgan fingerprint density at radius 2 is 2.11 bits per heavy atom. The maximum atomic E-state index is 11.7. The standard InChI is InChI=1S/C14H17NO3/c1-7(2)9-4-5-11-10(6-9)13(17)12(8(3)16)14(18)15-11/h9H,1,4-6H2,2-3H3,(H2,15,17,18). The molecule has 0 saturated carbocycles. The molecule has 0 amide bonds. The summed E-state index contributed by atoms with van der Waals surface area (Å²) in [6, 6.07) is 0. The molecule has 4 nitrogen and oxygen atoms in total. The highest BCUT2D eigenvalue weighted by Crippen LogP contribution is 2.33. The normalized spacial score (nSPS) is 18.2. The van der Waals surface area contributed by atoms with E-state index in [0.29, 0.717) is 24.3 Å². The summed E-state index contributed by atoms with van der Waals surface area (Å²) < 4.78 is 0. The zero-order valence-electron chi connectivity index (χ0n) is 10.7. The zero-order valence-corrected chi connectivity index (χ0v) is 10.7. The van der Waals surface area contributed by atoms with Crippen LogP contribution in [-0.4, -0.2) is 15.9 Å². The van der Waals surface area contributed by atoms with E-state index >= 15 is 0 Å². The SMILES string of the molecule is C=C(C)C1CCc2[nH]c(=O)c(C(C)=O)c(O)c2C1. The van der Waals surface area contributed by atoms with Crippen LogP contribution < -0.4 is 5.56 Å². The smallest absolute Gasteiger partial charge is 0.262 e. The van der Waals surface area contributed by atoms with Gasteiger partial charge in [-0.15, -0.1) is 0 Å². The Bertz CT molecular complexity index is 583. The van der Waals surface area contributed by atoms with Gasteiger partial charge in [0, 0.05) is 11.3 Å². The third-order valence-corrected chi connectivity index (χ3v) is 3.62. The maximum absolute atomic E-state index is 11.7. The lowest BCUT2D eigenvalue weighted by molar-refractivity contribution is 0.101. The number of carbonyl (C=O) groups is 1. The van der Waals surface area contributed by atoms with Crippen LogP contribution >= 0.6 is 0 Å². The summed E-state index contributed by atoms with van der Waals surface area (Å²) in [5.41, 5.74) is 1.89. The zero-order chi connectivity index (χ0) is 13.4. The predicted octanol–water partition coefficient (Wildman–Crippen LogP) is 1.96. The van der Waals surface area contributed by atoms with E-state index in [9.17, 15) is 14.7 Å². The summed E-state index contributed by atoms with van der Waals surface area (Å²) >= 11 is 0. The van der Waals surface area contributed by atoms with E-state index in [4.69, 9.17) is 0 Å². The molecule has 2 rings (SSSR count). The molecule has 1 aliphatic carbocycles. The van der Waals surface area contributed by atoms with E-state index in [1.807, 2.05) is 6.92 Å². The average molecular weight is 247 g/mol. The molecule has 1 unspecified atom stereocenters. The van der Waals surface area contributed by atoms with Crippen LogP contribution in [0.1, 0.15) is 41.9 Å². The second kappa shape index (κ2) is 4.44. The minimum atomic E-state index is -0.493. The third-order valence-electron chi connectivity index (χ3n) is 3.62. The Kier molecular flexibility index (Phi) is 3.11. The van der Waals surface area contributed by atoms with Gasteiger partial charge in [0.25, 0.3) is 5.56 Å². The highest BCUT2D eigenvalue weighted by molar-refractivity contribution is 5.96. The summed E-state index contributed by atoms with van der Waals surface area (Å²) in [5, 5.41) is 10.1. The Labute approximate surface area is 105 Å². The monoisotopic (exact) mass is 247 g/mol. The number of pyridine rings is 1. The van der Waals surface area contributed by atoms with Crippen molar-refractivity contribution in [3.63, 3.8) is 0 Å². The first-order chi connectivity index (χ1) is 8.41. The summed E-state index contributed by atoms with van der Waals surface area (Å²) in [6.07, 6.45) is 2.25. The number of ketones is 1. The number of fused-ring (bicyclic) bond motifs is 1. The summed E-state index contributed by atoms with van der Waals surface area (Å²) in [4.78, 5) is 25.8.